The Labute approximate surface area is 124 Å². The number of carbonyl (C=O) groups is 1. The first-order valence-corrected chi connectivity index (χ1v) is 8.99. The molecule has 2 heterocycles. The maximum absolute atomic E-state index is 12.6. The van der Waals surface area contributed by atoms with Crippen molar-refractivity contribution in [2.45, 2.75) is 20.9 Å². The number of hydrogen-bond acceptors (Lipinski definition) is 7. The Hall–Kier alpha value is -1.25. The second-order valence-electron chi connectivity index (χ2n) is 3.80. The van der Waals surface area contributed by atoms with E-state index >= 15 is 0 Å². The molecule has 108 valence electrons. The average molecular weight is 332 g/mol. The summed E-state index contributed by atoms with van der Waals surface area (Å²) in [5, 5.41) is 0. The van der Waals surface area contributed by atoms with Gasteiger partial charge < -0.3 is 9.15 Å². The minimum Gasteiger partial charge on any atom is -0.468 e. The molecule has 0 aromatic carbocycles. The van der Waals surface area contributed by atoms with Crippen molar-refractivity contribution in [2.75, 3.05) is 13.4 Å². The highest BCUT2D eigenvalue weighted by Gasteiger charge is 2.28. The predicted molar refractivity (Wildman–Crippen MR) is 76.3 cm³/mol. The van der Waals surface area contributed by atoms with E-state index in [9.17, 15) is 13.2 Å². The van der Waals surface area contributed by atoms with Crippen LogP contribution < -0.4 is 0 Å². The van der Waals surface area contributed by atoms with Crippen LogP contribution in [0.3, 0.4) is 0 Å². The molecule has 2 aromatic heterocycles. The highest BCUT2D eigenvalue weighted by atomic mass is 32.2. The van der Waals surface area contributed by atoms with Crippen LogP contribution in [-0.4, -0.2) is 27.8 Å². The molecule has 0 bridgehead atoms. The fourth-order valence-electron chi connectivity index (χ4n) is 1.66. The van der Waals surface area contributed by atoms with Crippen LogP contribution in [0.4, 0.5) is 0 Å². The van der Waals surface area contributed by atoms with Crippen LogP contribution >= 0.6 is 23.1 Å². The lowest BCUT2D eigenvalue weighted by molar-refractivity contribution is 0.0606. The summed E-state index contributed by atoms with van der Waals surface area (Å²) >= 11 is 2.38. The van der Waals surface area contributed by atoms with Crippen molar-refractivity contribution in [2.24, 2.45) is 0 Å². The first kappa shape index (κ1) is 15.1. The quantitative estimate of drug-likeness (QED) is 0.633. The molecule has 0 N–H and O–H groups in total. The number of esters is 1. The van der Waals surface area contributed by atoms with Gasteiger partial charge in [-0.2, -0.15) is 0 Å². The van der Waals surface area contributed by atoms with Crippen LogP contribution in [0.5, 0.6) is 0 Å². The van der Waals surface area contributed by atoms with E-state index < -0.39 is 15.8 Å². The van der Waals surface area contributed by atoms with Gasteiger partial charge in [-0.1, -0.05) is 0 Å². The molecule has 0 fully saturated rings. The molecule has 5 nitrogen and oxygen atoms in total. The molecule has 8 heteroatoms. The largest absolute Gasteiger partial charge is 0.468 e. The molecule has 0 unspecified atom stereocenters. The fraction of sp³-hybridized carbons (Fsp3) is 0.250. The zero-order valence-electron chi connectivity index (χ0n) is 11.0. The monoisotopic (exact) mass is 332 g/mol. The number of thiophene rings is 1. The number of aryl methyl sites for hydroxylation is 1. The van der Waals surface area contributed by atoms with Crippen molar-refractivity contribution in [3.8, 4) is 0 Å². The highest BCUT2D eigenvalue weighted by molar-refractivity contribution is 8.01. The van der Waals surface area contributed by atoms with Crippen LogP contribution in [0.1, 0.15) is 15.4 Å². The molecule has 0 saturated carbocycles. The van der Waals surface area contributed by atoms with Crippen LogP contribution in [-0.2, 0) is 14.6 Å². The summed E-state index contributed by atoms with van der Waals surface area (Å²) < 4.78 is 35.4. The van der Waals surface area contributed by atoms with E-state index in [4.69, 9.17) is 4.42 Å². The molecule has 2 rings (SSSR count). The third-order valence-corrected chi connectivity index (χ3v) is 7.04. The van der Waals surface area contributed by atoms with E-state index in [2.05, 4.69) is 4.74 Å². The summed E-state index contributed by atoms with van der Waals surface area (Å²) in [6.45, 7) is 1.58. The summed E-state index contributed by atoms with van der Waals surface area (Å²) in [5.41, 5.74) is 0. The third-order valence-electron chi connectivity index (χ3n) is 2.63. The van der Waals surface area contributed by atoms with E-state index in [1.807, 2.05) is 0 Å². The van der Waals surface area contributed by atoms with E-state index in [0.29, 0.717) is 9.97 Å². The molecule has 20 heavy (non-hydrogen) atoms. The molecule has 0 atom stereocenters. The molecule has 0 amide bonds. The van der Waals surface area contributed by atoms with E-state index in [1.165, 1.54) is 37.3 Å². The van der Waals surface area contributed by atoms with Gasteiger partial charge in [-0.15, -0.1) is 23.1 Å². The topological polar surface area (TPSA) is 73.6 Å². The van der Waals surface area contributed by atoms with Crippen molar-refractivity contribution in [3.63, 3.8) is 0 Å². The molecule has 0 saturated heterocycles. The van der Waals surface area contributed by atoms with Gasteiger partial charge in [0.05, 0.1) is 22.5 Å². The lowest BCUT2D eigenvalue weighted by Crippen LogP contribution is -2.02. The smallest absolute Gasteiger partial charge is 0.348 e. The van der Waals surface area contributed by atoms with Gasteiger partial charge in [-0.05, 0) is 25.3 Å². The van der Waals surface area contributed by atoms with E-state index in [0.717, 1.165) is 11.3 Å². The number of rotatable bonds is 4. The Morgan fingerprint density at radius 2 is 2.10 bits per heavy atom. The van der Waals surface area contributed by atoms with Gasteiger partial charge in [-0.3, -0.25) is 0 Å². The normalized spacial score (nSPS) is 11.6. The number of carbonyl (C=O) groups excluding carboxylic acids is 1. The zero-order chi connectivity index (χ0) is 14.9. The Bertz CT molecular complexity index is 739. The molecule has 0 spiro atoms. The Morgan fingerprint density at radius 1 is 1.40 bits per heavy atom. The number of thioether (sulfide) groups is 1. The summed E-state index contributed by atoms with van der Waals surface area (Å²) in [5.74, 6) is -0.224. The van der Waals surface area contributed by atoms with Crippen LogP contribution in [0.25, 0.3) is 0 Å². The molecular weight excluding hydrogens is 320 g/mol. The summed E-state index contributed by atoms with van der Waals surface area (Å²) in [6, 6.07) is 2.76. The minimum atomic E-state index is -3.70. The predicted octanol–water partition coefficient (Wildman–Crippen LogP) is 2.99. The second kappa shape index (κ2) is 5.63. The summed E-state index contributed by atoms with van der Waals surface area (Å²) in [4.78, 5) is 12.0. The maximum atomic E-state index is 12.6. The van der Waals surface area contributed by atoms with Gasteiger partial charge in [0.2, 0.25) is 9.84 Å². The van der Waals surface area contributed by atoms with Crippen LogP contribution in [0.15, 0.2) is 36.8 Å². The molecular formula is C12H12O5S3. The average Bonchev–Trinajstić information content (AvgIpc) is 3.04. The Morgan fingerprint density at radius 3 is 2.60 bits per heavy atom. The van der Waals surface area contributed by atoms with Crippen molar-refractivity contribution in [1.82, 2.24) is 0 Å². The van der Waals surface area contributed by atoms with Crippen molar-refractivity contribution in [1.29, 1.82) is 0 Å². The second-order valence-corrected chi connectivity index (χ2v) is 7.82. The molecule has 0 radical (unpaired) electrons. The van der Waals surface area contributed by atoms with Crippen molar-refractivity contribution >= 4 is 38.9 Å². The Kier molecular flexibility index (Phi) is 4.26. The molecule has 0 aliphatic rings. The maximum Gasteiger partial charge on any atom is 0.348 e. The highest BCUT2D eigenvalue weighted by Crippen LogP contribution is 2.38. The fourth-order valence-corrected chi connectivity index (χ4v) is 5.72. The molecule has 0 aliphatic heterocycles. The van der Waals surface area contributed by atoms with Gasteiger partial charge in [0.1, 0.15) is 15.5 Å². The van der Waals surface area contributed by atoms with E-state index in [1.54, 1.807) is 13.2 Å². The number of sulfone groups is 1. The van der Waals surface area contributed by atoms with Gasteiger partial charge in [-0.25, -0.2) is 13.2 Å². The van der Waals surface area contributed by atoms with Crippen molar-refractivity contribution in [3.05, 3.63) is 29.0 Å². The SMILES string of the molecule is COC(=O)c1cc(S(=O)(=O)c2ccoc2C)c(SC)s1. The van der Waals surface area contributed by atoms with Crippen molar-refractivity contribution < 1.29 is 22.4 Å². The molecule has 0 aliphatic carbocycles. The number of furan rings is 1. The van der Waals surface area contributed by atoms with Gasteiger partial charge in [0.15, 0.2) is 0 Å². The van der Waals surface area contributed by atoms with Crippen LogP contribution in [0.2, 0.25) is 0 Å². The summed E-state index contributed by atoms with van der Waals surface area (Å²) in [7, 11) is -2.44. The number of ether oxygens (including phenoxy) is 1. The molecule has 2 aromatic rings. The summed E-state index contributed by atoms with van der Waals surface area (Å²) in [6.07, 6.45) is 3.09. The first-order chi connectivity index (χ1) is 9.41. The lowest BCUT2D eigenvalue weighted by Gasteiger charge is -2.02. The van der Waals surface area contributed by atoms with Gasteiger partial charge >= 0.3 is 5.97 Å². The van der Waals surface area contributed by atoms with Gasteiger partial charge in [0.25, 0.3) is 0 Å². The number of hydrogen-bond donors (Lipinski definition) is 0. The minimum absolute atomic E-state index is 0.111. The van der Waals surface area contributed by atoms with Crippen LogP contribution in [0, 0.1) is 6.92 Å². The third kappa shape index (κ3) is 2.50. The Balaban J connectivity index is 2.60. The zero-order valence-corrected chi connectivity index (χ0v) is 13.4. The standard InChI is InChI=1S/C12H12O5S3/c1-7-9(4-5-17-7)20(14,15)10-6-8(11(13)16-2)19-12(10)18-3/h4-6H,1-3H3. The number of methoxy groups -OCH3 is 1. The van der Waals surface area contributed by atoms with Gasteiger partial charge in [0, 0.05) is 0 Å². The first-order valence-electron chi connectivity index (χ1n) is 5.47. The lowest BCUT2D eigenvalue weighted by atomic mass is 10.5. The van der Waals surface area contributed by atoms with E-state index in [-0.39, 0.29) is 14.7 Å².